The van der Waals surface area contributed by atoms with Crippen molar-refractivity contribution in [3.63, 3.8) is 0 Å². The first-order valence-corrected chi connectivity index (χ1v) is 8.42. The van der Waals surface area contributed by atoms with Gasteiger partial charge >= 0.3 is 5.97 Å². The molecule has 0 saturated carbocycles. The maximum Gasteiger partial charge on any atom is 0.317 e. The average molecular weight is 346 g/mol. The van der Waals surface area contributed by atoms with Gasteiger partial charge in [-0.3, -0.25) is 9.59 Å². The second kappa shape index (κ2) is 8.93. The smallest absolute Gasteiger partial charge is 0.317 e. The molecule has 126 valence electrons. The molecule has 0 saturated heterocycles. The summed E-state index contributed by atoms with van der Waals surface area (Å²) < 4.78 is 5.58. The van der Waals surface area contributed by atoms with Crippen LogP contribution in [0, 0.1) is 5.21 Å². The summed E-state index contributed by atoms with van der Waals surface area (Å²) in [7, 11) is 0. The van der Waals surface area contributed by atoms with Crippen LogP contribution in [0.2, 0.25) is 0 Å². The number of pyridine rings is 1. The van der Waals surface area contributed by atoms with E-state index in [4.69, 9.17) is 4.74 Å². The number of hydrogen-bond donors (Lipinski definition) is 1. The molecule has 0 fully saturated rings. The van der Waals surface area contributed by atoms with Gasteiger partial charge in [0.1, 0.15) is 5.75 Å². The standard InChI is InChI=1S/C17H18N2O4S/c1-2-13-6-5-7-14(10-13)18-15(20)11-23-17(21)12-24-16-8-3-4-9-19(16)22/h3-10H,2,11-12H2,1H3,(H,18,20). The summed E-state index contributed by atoms with van der Waals surface area (Å²) in [5, 5.41) is 14.5. The van der Waals surface area contributed by atoms with E-state index >= 15 is 0 Å². The fourth-order valence-electron chi connectivity index (χ4n) is 1.91. The molecule has 6 nitrogen and oxygen atoms in total. The van der Waals surface area contributed by atoms with Crippen LogP contribution in [0.5, 0.6) is 0 Å². The Morgan fingerprint density at radius 1 is 1.25 bits per heavy atom. The Kier molecular flexibility index (Phi) is 6.62. The molecule has 0 unspecified atom stereocenters. The highest BCUT2D eigenvalue weighted by Gasteiger charge is 2.12. The lowest BCUT2D eigenvalue weighted by atomic mass is 10.1. The Labute approximate surface area is 144 Å². The number of carbonyl (C=O) groups is 2. The highest BCUT2D eigenvalue weighted by molar-refractivity contribution is 7.99. The normalized spacial score (nSPS) is 10.2. The molecule has 2 rings (SSSR count). The summed E-state index contributed by atoms with van der Waals surface area (Å²) in [5.41, 5.74) is 1.77. The molecule has 0 radical (unpaired) electrons. The van der Waals surface area contributed by atoms with Crippen LogP contribution in [0.1, 0.15) is 12.5 Å². The predicted molar refractivity (Wildman–Crippen MR) is 91.5 cm³/mol. The Morgan fingerprint density at radius 2 is 2.08 bits per heavy atom. The molecule has 0 aliphatic carbocycles. The van der Waals surface area contributed by atoms with Crippen molar-refractivity contribution in [1.29, 1.82) is 0 Å². The monoisotopic (exact) mass is 346 g/mol. The van der Waals surface area contributed by atoms with Crippen LogP contribution in [-0.4, -0.2) is 24.2 Å². The van der Waals surface area contributed by atoms with Gasteiger partial charge in [-0.1, -0.05) is 19.1 Å². The lowest BCUT2D eigenvalue weighted by molar-refractivity contribution is -0.645. The second-order valence-electron chi connectivity index (χ2n) is 4.92. The van der Waals surface area contributed by atoms with E-state index < -0.39 is 11.9 Å². The van der Waals surface area contributed by atoms with Crippen molar-refractivity contribution in [2.75, 3.05) is 17.7 Å². The van der Waals surface area contributed by atoms with E-state index in [1.54, 1.807) is 24.3 Å². The largest absolute Gasteiger partial charge is 0.618 e. The number of carbonyl (C=O) groups excluding carboxylic acids is 2. The van der Waals surface area contributed by atoms with Crippen LogP contribution < -0.4 is 10.0 Å². The van der Waals surface area contributed by atoms with Crippen LogP contribution in [0.25, 0.3) is 0 Å². The molecule has 0 bridgehead atoms. The number of benzene rings is 1. The van der Waals surface area contributed by atoms with Crippen molar-refractivity contribution in [3.05, 3.63) is 59.4 Å². The van der Waals surface area contributed by atoms with Crippen molar-refractivity contribution in [3.8, 4) is 0 Å². The molecule has 0 aliphatic heterocycles. The number of nitrogens with zero attached hydrogens (tertiary/aromatic N) is 1. The van der Waals surface area contributed by atoms with E-state index in [0.29, 0.717) is 15.4 Å². The van der Waals surface area contributed by atoms with Crippen LogP contribution in [0.3, 0.4) is 0 Å². The van der Waals surface area contributed by atoms with Gasteiger partial charge in [-0.25, -0.2) is 0 Å². The van der Waals surface area contributed by atoms with Crippen molar-refractivity contribution in [2.24, 2.45) is 0 Å². The van der Waals surface area contributed by atoms with Crippen LogP contribution in [0.15, 0.2) is 53.7 Å². The Balaban J connectivity index is 1.75. The van der Waals surface area contributed by atoms with E-state index in [1.165, 1.54) is 6.20 Å². The number of esters is 1. The topological polar surface area (TPSA) is 82.3 Å². The van der Waals surface area contributed by atoms with Crippen molar-refractivity contribution >= 4 is 29.3 Å². The number of aromatic nitrogens is 1. The third kappa shape index (κ3) is 5.58. The van der Waals surface area contributed by atoms with Crippen molar-refractivity contribution < 1.29 is 19.1 Å². The third-order valence-electron chi connectivity index (χ3n) is 3.11. The zero-order valence-corrected chi connectivity index (χ0v) is 14.0. The molecule has 2 aromatic rings. The van der Waals surface area contributed by atoms with Gasteiger partial charge in [-0.15, -0.1) is 0 Å². The van der Waals surface area contributed by atoms with Gasteiger partial charge in [0.2, 0.25) is 0 Å². The molecule has 1 amide bonds. The van der Waals surface area contributed by atoms with Gasteiger partial charge in [-0.05, 0) is 41.9 Å². The van der Waals surface area contributed by atoms with Gasteiger partial charge < -0.3 is 15.3 Å². The maximum absolute atomic E-state index is 11.8. The second-order valence-corrected chi connectivity index (χ2v) is 5.91. The number of nitrogens with one attached hydrogen (secondary N) is 1. The van der Waals surface area contributed by atoms with E-state index in [1.807, 2.05) is 25.1 Å². The van der Waals surface area contributed by atoms with Gasteiger partial charge in [0.05, 0.1) is 0 Å². The van der Waals surface area contributed by atoms with Crippen LogP contribution >= 0.6 is 11.8 Å². The van der Waals surface area contributed by atoms with Crippen LogP contribution in [0.4, 0.5) is 5.69 Å². The summed E-state index contributed by atoms with van der Waals surface area (Å²) >= 11 is 1.06. The molecule has 1 aromatic carbocycles. The minimum atomic E-state index is -0.554. The fraction of sp³-hybridized carbons (Fsp3) is 0.235. The quantitative estimate of drug-likeness (QED) is 0.359. The zero-order valence-electron chi connectivity index (χ0n) is 13.2. The average Bonchev–Trinajstić information content (AvgIpc) is 2.59. The molecule has 7 heteroatoms. The first kappa shape index (κ1) is 17.8. The molecule has 1 aromatic heterocycles. The first-order valence-electron chi connectivity index (χ1n) is 7.44. The summed E-state index contributed by atoms with van der Waals surface area (Å²) in [5.74, 6) is -0.994. The minimum absolute atomic E-state index is 0.0369. The number of hydrogen-bond acceptors (Lipinski definition) is 5. The predicted octanol–water partition coefficient (Wildman–Crippen LogP) is 2.16. The maximum atomic E-state index is 11.8. The SMILES string of the molecule is CCc1cccc(NC(=O)COC(=O)CSc2cccc[n+]2[O-])c1. The zero-order chi connectivity index (χ0) is 17.4. The molecule has 1 N–H and O–H groups in total. The molecular weight excluding hydrogens is 328 g/mol. The van der Waals surface area contributed by atoms with E-state index in [2.05, 4.69) is 5.32 Å². The van der Waals surface area contributed by atoms with Gasteiger partial charge in [0.25, 0.3) is 10.9 Å². The van der Waals surface area contributed by atoms with Gasteiger partial charge in [-0.2, -0.15) is 4.73 Å². The summed E-state index contributed by atoms with van der Waals surface area (Å²) in [4.78, 5) is 23.4. The van der Waals surface area contributed by atoms with Crippen molar-refractivity contribution in [1.82, 2.24) is 0 Å². The molecule has 0 spiro atoms. The number of aryl methyl sites for hydroxylation is 1. The summed E-state index contributed by atoms with van der Waals surface area (Å²) in [6.07, 6.45) is 2.22. The first-order chi connectivity index (χ1) is 11.6. The van der Waals surface area contributed by atoms with E-state index in [9.17, 15) is 14.8 Å². The summed E-state index contributed by atoms with van der Waals surface area (Å²) in [6, 6.07) is 12.4. The highest BCUT2D eigenvalue weighted by atomic mass is 32.2. The number of thioether (sulfide) groups is 1. The van der Waals surface area contributed by atoms with Crippen molar-refractivity contribution in [2.45, 2.75) is 18.4 Å². The Hall–Kier alpha value is -2.54. The molecule has 1 heterocycles. The molecule has 0 aliphatic rings. The Morgan fingerprint density at radius 3 is 2.83 bits per heavy atom. The number of anilines is 1. The van der Waals surface area contributed by atoms with Gasteiger partial charge in [0.15, 0.2) is 12.8 Å². The fourth-order valence-corrected chi connectivity index (χ4v) is 2.62. The summed E-state index contributed by atoms with van der Waals surface area (Å²) in [6.45, 7) is 1.67. The molecule has 24 heavy (non-hydrogen) atoms. The Bertz CT molecular complexity index is 721. The number of rotatable bonds is 7. The number of ether oxygens (including phenoxy) is 1. The lowest BCUT2D eigenvalue weighted by Crippen LogP contribution is -2.28. The van der Waals surface area contributed by atoms with Gasteiger partial charge in [0, 0.05) is 17.8 Å². The van der Waals surface area contributed by atoms with Crippen LogP contribution in [-0.2, 0) is 20.7 Å². The highest BCUT2D eigenvalue weighted by Crippen LogP contribution is 2.13. The number of amides is 1. The third-order valence-corrected chi connectivity index (χ3v) is 4.10. The minimum Gasteiger partial charge on any atom is -0.618 e. The molecular formula is C17H18N2O4S. The molecule has 0 atom stereocenters. The van der Waals surface area contributed by atoms with E-state index in [0.717, 1.165) is 23.7 Å². The van der Waals surface area contributed by atoms with E-state index in [-0.39, 0.29) is 12.4 Å². The lowest BCUT2D eigenvalue weighted by Gasteiger charge is -2.07.